The number of hydrogen-bond donors (Lipinski definition) is 1. The van der Waals surface area contributed by atoms with E-state index in [0.717, 1.165) is 22.3 Å². The summed E-state index contributed by atoms with van der Waals surface area (Å²) in [6.45, 7) is 5.39. The van der Waals surface area contributed by atoms with Crippen LogP contribution in [0, 0.1) is 5.92 Å². The summed E-state index contributed by atoms with van der Waals surface area (Å²) in [7, 11) is 0. The molecular formula is C16H20BrNO2. The molecule has 1 aromatic carbocycles. The minimum Gasteiger partial charge on any atom is -0.492 e. The van der Waals surface area contributed by atoms with Crippen molar-refractivity contribution < 1.29 is 9.84 Å². The molecule has 0 bridgehead atoms. The molecular weight excluding hydrogens is 318 g/mol. The molecule has 0 amide bonds. The Kier molecular flexibility index (Phi) is 5.26. The summed E-state index contributed by atoms with van der Waals surface area (Å²) in [5.41, 5.74) is 0.962. The van der Waals surface area contributed by atoms with Crippen molar-refractivity contribution >= 4 is 15.9 Å². The third-order valence-electron chi connectivity index (χ3n) is 3.18. The van der Waals surface area contributed by atoms with Gasteiger partial charge >= 0.3 is 0 Å². The smallest absolute Gasteiger partial charge is 0.119 e. The van der Waals surface area contributed by atoms with Crippen molar-refractivity contribution in [1.82, 2.24) is 4.57 Å². The molecule has 0 radical (unpaired) electrons. The molecule has 0 spiro atoms. The van der Waals surface area contributed by atoms with E-state index in [2.05, 4.69) is 15.9 Å². The van der Waals surface area contributed by atoms with Crippen molar-refractivity contribution in [2.45, 2.75) is 26.5 Å². The number of halogens is 1. The summed E-state index contributed by atoms with van der Waals surface area (Å²) in [5, 5.41) is 9.99. The van der Waals surface area contributed by atoms with Crippen LogP contribution in [-0.4, -0.2) is 16.3 Å². The van der Waals surface area contributed by atoms with E-state index in [9.17, 15) is 5.11 Å². The standard InChI is InChI=1S/C16H20BrNO2/c1-12(2)16(19)13-7-8-18(11-13)9-10-20-15-5-3-14(17)4-6-15/h3-8,11-12,16,19H,9-10H2,1-2H3. The van der Waals surface area contributed by atoms with Crippen molar-refractivity contribution in [1.29, 1.82) is 0 Å². The zero-order valence-electron chi connectivity index (χ0n) is 11.8. The van der Waals surface area contributed by atoms with Gasteiger partial charge in [-0.2, -0.15) is 0 Å². The predicted octanol–water partition coefficient (Wildman–Crippen LogP) is 4.02. The van der Waals surface area contributed by atoms with Crippen molar-refractivity contribution in [3.8, 4) is 5.75 Å². The molecule has 1 heterocycles. The van der Waals surface area contributed by atoms with Crippen LogP contribution in [0.15, 0.2) is 47.2 Å². The maximum absolute atomic E-state index is 9.99. The molecule has 0 aliphatic carbocycles. The van der Waals surface area contributed by atoms with Crippen molar-refractivity contribution in [2.75, 3.05) is 6.61 Å². The van der Waals surface area contributed by atoms with E-state index in [4.69, 9.17) is 4.74 Å². The number of benzene rings is 1. The summed E-state index contributed by atoms with van der Waals surface area (Å²) in [4.78, 5) is 0. The Balaban J connectivity index is 1.84. The highest BCUT2D eigenvalue weighted by Crippen LogP contribution is 2.21. The van der Waals surface area contributed by atoms with Crippen molar-refractivity contribution in [3.05, 3.63) is 52.8 Å². The molecule has 4 heteroatoms. The Bertz CT molecular complexity index is 534. The van der Waals surface area contributed by atoms with Gasteiger partial charge in [0.15, 0.2) is 0 Å². The van der Waals surface area contributed by atoms with Crippen molar-refractivity contribution in [3.63, 3.8) is 0 Å². The Morgan fingerprint density at radius 1 is 1.20 bits per heavy atom. The van der Waals surface area contributed by atoms with E-state index in [-0.39, 0.29) is 5.92 Å². The fourth-order valence-corrected chi connectivity index (χ4v) is 2.22. The number of aliphatic hydroxyl groups is 1. The molecule has 1 N–H and O–H groups in total. The van der Waals surface area contributed by atoms with Crippen LogP contribution in [0.5, 0.6) is 5.75 Å². The Labute approximate surface area is 128 Å². The SMILES string of the molecule is CC(C)C(O)c1ccn(CCOc2ccc(Br)cc2)c1. The third-order valence-corrected chi connectivity index (χ3v) is 3.71. The van der Waals surface area contributed by atoms with Gasteiger partial charge < -0.3 is 14.4 Å². The number of hydrogen-bond acceptors (Lipinski definition) is 2. The monoisotopic (exact) mass is 337 g/mol. The lowest BCUT2D eigenvalue weighted by Gasteiger charge is -2.12. The van der Waals surface area contributed by atoms with Gasteiger partial charge in [0.2, 0.25) is 0 Å². The Morgan fingerprint density at radius 3 is 2.55 bits per heavy atom. The number of nitrogens with zero attached hydrogens (tertiary/aromatic N) is 1. The van der Waals surface area contributed by atoms with Crippen LogP contribution in [0.25, 0.3) is 0 Å². The molecule has 0 aliphatic rings. The van der Waals surface area contributed by atoms with Gasteiger partial charge in [-0.25, -0.2) is 0 Å². The van der Waals surface area contributed by atoms with Gasteiger partial charge in [-0.1, -0.05) is 29.8 Å². The second-order valence-corrected chi connectivity index (χ2v) is 6.09. The molecule has 1 aromatic heterocycles. The Morgan fingerprint density at radius 2 is 1.90 bits per heavy atom. The molecule has 1 unspecified atom stereocenters. The third kappa shape index (κ3) is 4.12. The van der Waals surface area contributed by atoms with Crippen LogP contribution in [0.3, 0.4) is 0 Å². The quantitative estimate of drug-likeness (QED) is 0.863. The molecule has 3 nitrogen and oxygen atoms in total. The van der Waals surface area contributed by atoms with Gasteiger partial charge in [0.05, 0.1) is 12.6 Å². The maximum Gasteiger partial charge on any atom is 0.119 e. The minimum atomic E-state index is -0.399. The average molecular weight is 338 g/mol. The molecule has 20 heavy (non-hydrogen) atoms. The van der Waals surface area contributed by atoms with Gasteiger partial charge in [-0.05, 0) is 41.8 Å². The summed E-state index contributed by atoms with van der Waals surface area (Å²) in [6.07, 6.45) is 3.56. The van der Waals surface area contributed by atoms with Crippen LogP contribution < -0.4 is 4.74 Å². The van der Waals surface area contributed by atoms with Gasteiger partial charge in [0.25, 0.3) is 0 Å². The second kappa shape index (κ2) is 6.95. The number of ether oxygens (including phenoxy) is 1. The van der Waals surface area contributed by atoms with E-state index in [1.165, 1.54) is 0 Å². The molecule has 2 aromatic rings. The Hall–Kier alpha value is -1.26. The highest BCUT2D eigenvalue weighted by molar-refractivity contribution is 9.10. The first-order valence-corrected chi connectivity index (χ1v) is 7.57. The normalized spacial score (nSPS) is 12.7. The zero-order valence-corrected chi connectivity index (χ0v) is 13.4. The summed E-state index contributed by atoms with van der Waals surface area (Å²) in [5.74, 6) is 1.09. The molecule has 0 aliphatic heterocycles. The molecule has 108 valence electrons. The first kappa shape index (κ1) is 15.1. The van der Waals surface area contributed by atoms with Gasteiger partial charge in [-0.3, -0.25) is 0 Å². The van der Waals surface area contributed by atoms with E-state index in [1.54, 1.807) is 0 Å². The maximum atomic E-state index is 9.99. The largest absolute Gasteiger partial charge is 0.492 e. The number of aromatic nitrogens is 1. The average Bonchev–Trinajstić information content (AvgIpc) is 2.89. The molecule has 0 saturated heterocycles. The molecule has 2 rings (SSSR count). The number of rotatable bonds is 6. The molecule has 0 saturated carbocycles. The van der Waals surface area contributed by atoms with E-state index >= 15 is 0 Å². The predicted molar refractivity (Wildman–Crippen MR) is 83.9 cm³/mol. The lowest BCUT2D eigenvalue weighted by molar-refractivity contribution is 0.127. The fourth-order valence-electron chi connectivity index (χ4n) is 1.96. The first-order chi connectivity index (χ1) is 9.56. The van der Waals surface area contributed by atoms with Crippen LogP contribution in [0.1, 0.15) is 25.5 Å². The summed E-state index contributed by atoms with van der Waals surface area (Å²) in [6, 6.07) is 9.76. The lowest BCUT2D eigenvalue weighted by Crippen LogP contribution is -2.07. The van der Waals surface area contributed by atoms with E-state index in [1.807, 2.05) is 61.1 Å². The second-order valence-electron chi connectivity index (χ2n) is 5.17. The number of aliphatic hydroxyl groups excluding tert-OH is 1. The summed E-state index contributed by atoms with van der Waals surface area (Å²) < 4.78 is 8.76. The van der Waals surface area contributed by atoms with Crippen molar-refractivity contribution in [2.24, 2.45) is 5.92 Å². The zero-order chi connectivity index (χ0) is 14.5. The first-order valence-electron chi connectivity index (χ1n) is 6.78. The van der Waals surface area contributed by atoms with E-state index in [0.29, 0.717) is 6.61 Å². The van der Waals surface area contributed by atoms with Crippen LogP contribution in [0.4, 0.5) is 0 Å². The van der Waals surface area contributed by atoms with Crippen LogP contribution in [0.2, 0.25) is 0 Å². The topological polar surface area (TPSA) is 34.4 Å². The molecule has 0 fully saturated rings. The van der Waals surface area contributed by atoms with Gasteiger partial charge in [0.1, 0.15) is 12.4 Å². The highest BCUT2D eigenvalue weighted by Gasteiger charge is 2.12. The van der Waals surface area contributed by atoms with Gasteiger partial charge in [-0.15, -0.1) is 0 Å². The van der Waals surface area contributed by atoms with Gasteiger partial charge in [0, 0.05) is 16.9 Å². The van der Waals surface area contributed by atoms with Crippen LogP contribution >= 0.6 is 15.9 Å². The lowest BCUT2D eigenvalue weighted by atomic mass is 10.0. The van der Waals surface area contributed by atoms with Crippen LogP contribution in [-0.2, 0) is 6.54 Å². The molecule has 1 atom stereocenters. The minimum absolute atomic E-state index is 0.227. The van der Waals surface area contributed by atoms with E-state index < -0.39 is 6.10 Å². The highest BCUT2D eigenvalue weighted by atomic mass is 79.9. The summed E-state index contributed by atoms with van der Waals surface area (Å²) >= 11 is 3.39. The fraction of sp³-hybridized carbons (Fsp3) is 0.375.